The molecule has 9 aromatic rings. The van der Waals surface area contributed by atoms with Crippen LogP contribution in [0.15, 0.2) is 188 Å². The minimum absolute atomic E-state index is 0.0890. The highest BCUT2D eigenvalue weighted by Crippen LogP contribution is 2.51. The Bertz CT molecular complexity index is 2740. The topological polar surface area (TPSA) is 3.24 Å². The molecule has 0 aliphatic heterocycles. The zero-order chi connectivity index (χ0) is 35.5. The first-order valence-corrected chi connectivity index (χ1v) is 19.2. The largest absolute Gasteiger partial charge is 0.311 e. The van der Waals surface area contributed by atoms with Gasteiger partial charge in [0, 0.05) is 42.6 Å². The smallest absolute Gasteiger partial charge is 0.0462 e. The molecule has 0 N–H and O–H groups in total. The molecular weight excluding hydrogens is 659 g/mol. The van der Waals surface area contributed by atoms with Gasteiger partial charge in [-0.2, -0.15) is 0 Å². The maximum absolute atomic E-state index is 2.44. The number of benzene rings is 8. The molecular formula is C51H37NS. The molecule has 53 heavy (non-hydrogen) atoms. The molecule has 10 rings (SSSR count). The quantitative estimate of drug-likeness (QED) is 0.167. The molecule has 0 unspecified atom stereocenters. The van der Waals surface area contributed by atoms with Gasteiger partial charge < -0.3 is 4.90 Å². The molecule has 0 radical (unpaired) electrons. The second-order valence-corrected chi connectivity index (χ2v) is 15.7. The van der Waals surface area contributed by atoms with Gasteiger partial charge in [0.1, 0.15) is 0 Å². The van der Waals surface area contributed by atoms with E-state index in [0.29, 0.717) is 0 Å². The number of anilines is 3. The second kappa shape index (κ2) is 12.5. The number of hydrogen-bond acceptors (Lipinski definition) is 2. The first-order valence-electron chi connectivity index (χ1n) is 18.3. The summed E-state index contributed by atoms with van der Waals surface area (Å²) in [6.07, 6.45) is 0. The van der Waals surface area contributed by atoms with Crippen molar-refractivity contribution in [2.75, 3.05) is 4.90 Å². The highest BCUT2D eigenvalue weighted by Gasteiger charge is 2.36. The Labute approximate surface area is 315 Å². The van der Waals surface area contributed by atoms with Crippen molar-refractivity contribution in [3.63, 3.8) is 0 Å². The van der Waals surface area contributed by atoms with Crippen LogP contribution in [0.2, 0.25) is 0 Å². The number of nitrogens with zero attached hydrogens (tertiary/aromatic N) is 1. The third-order valence-electron chi connectivity index (χ3n) is 11.1. The second-order valence-electron chi connectivity index (χ2n) is 14.6. The molecule has 1 nitrogen and oxygen atoms in total. The highest BCUT2D eigenvalue weighted by atomic mass is 32.1. The van der Waals surface area contributed by atoms with Crippen LogP contribution < -0.4 is 4.90 Å². The zero-order valence-corrected chi connectivity index (χ0v) is 30.6. The van der Waals surface area contributed by atoms with Crippen molar-refractivity contribution in [3.8, 4) is 44.5 Å². The van der Waals surface area contributed by atoms with Gasteiger partial charge in [0.25, 0.3) is 0 Å². The van der Waals surface area contributed by atoms with Crippen molar-refractivity contribution in [1.29, 1.82) is 0 Å². The minimum atomic E-state index is -0.0890. The van der Waals surface area contributed by atoms with Crippen LogP contribution in [0.5, 0.6) is 0 Å². The van der Waals surface area contributed by atoms with Gasteiger partial charge in [0.15, 0.2) is 0 Å². The van der Waals surface area contributed by atoms with E-state index in [1.54, 1.807) is 0 Å². The lowest BCUT2D eigenvalue weighted by atomic mass is 9.81. The van der Waals surface area contributed by atoms with Gasteiger partial charge in [0.05, 0.1) is 0 Å². The molecule has 1 aromatic heterocycles. The Morgan fingerprint density at radius 2 is 0.736 bits per heavy atom. The van der Waals surface area contributed by atoms with E-state index >= 15 is 0 Å². The average Bonchev–Trinajstić information content (AvgIpc) is 3.69. The maximum Gasteiger partial charge on any atom is 0.0462 e. The standard InChI is InChI=1S/C51H37NS/c1-51(2)47-32-38(34-12-6-3-7-13-34)20-26-43(47)44-27-21-39(33-48(44)51)37-23-29-50-46(31-37)45-30-36(22-28-49(45)53-50)35-18-24-42(25-19-35)52(40-14-8-4-9-15-40)41-16-10-5-11-17-41/h3-33H,1-2H3. The molecule has 0 amide bonds. The number of para-hydroxylation sites is 2. The third kappa shape index (κ3) is 5.37. The van der Waals surface area contributed by atoms with E-state index in [2.05, 4.69) is 207 Å². The summed E-state index contributed by atoms with van der Waals surface area (Å²) in [4.78, 5) is 2.31. The predicted molar refractivity (Wildman–Crippen MR) is 228 cm³/mol. The van der Waals surface area contributed by atoms with Crippen LogP contribution >= 0.6 is 11.3 Å². The summed E-state index contributed by atoms with van der Waals surface area (Å²) in [5, 5.41) is 2.63. The summed E-state index contributed by atoms with van der Waals surface area (Å²) in [6.45, 7) is 4.75. The molecule has 1 aliphatic carbocycles. The Morgan fingerprint density at radius 3 is 1.26 bits per heavy atom. The fourth-order valence-electron chi connectivity index (χ4n) is 8.27. The summed E-state index contributed by atoms with van der Waals surface area (Å²) in [5.41, 5.74) is 16.3. The van der Waals surface area contributed by atoms with Gasteiger partial charge in [-0.05, 0) is 128 Å². The van der Waals surface area contributed by atoms with Crippen molar-refractivity contribution in [2.24, 2.45) is 0 Å². The SMILES string of the molecule is CC1(C)c2cc(-c3ccccc3)ccc2-c2ccc(-c3ccc4sc5ccc(-c6ccc(N(c7ccccc7)c7ccccc7)cc6)cc5c4c3)cc21. The molecule has 2 heteroatoms. The molecule has 0 fully saturated rings. The van der Waals surface area contributed by atoms with Crippen molar-refractivity contribution in [2.45, 2.75) is 19.3 Å². The first-order chi connectivity index (χ1) is 26.0. The van der Waals surface area contributed by atoms with Gasteiger partial charge in [-0.1, -0.05) is 129 Å². The summed E-state index contributed by atoms with van der Waals surface area (Å²) in [6, 6.07) is 68.9. The normalized spacial score (nSPS) is 12.9. The predicted octanol–water partition coefficient (Wildman–Crippen LogP) is 14.8. The Balaban J connectivity index is 0.992. The number of rotatable bonds is 6. The fourth-order valence-corrected chi connectivity index (χ4v) is 9.33. The van der Waals surface area contributed by atoms with Gasteiger partial charge in [-0.25, -0.2) is 0 Å². The molecule has 252 valence electrons. The van der Waals surface area contributed by atoms with E-state index in [-0.39, 0.29) is 5.41 Å². The van der Waals surface area contributed by atoms with E-state index < -0.39 is 0 Å². The zero-order valence-electron chi connectivity index (χ0n) is 29.8. The van der Waals surface area contributed by atoms with Crippen LogP contribution in [-0.4, -0.2) is 0 Å². The van der Waals surface area contributed by atoms with Crippen molar-refractivity contribution in [3.05, 3.63) is 199 Å². The van der Waals surface area contributed by atoms with E-state index in [1.807, 2.05) is 11.3 Å². The number of fused-ring (bicyclic) bond motifs is 6. The van der Waals surface area contributed by atoms with E-state index in [1.165, 1.54) is 75.8 Å². The third-order valence-corrected chi connectivity index (χ3v) is 12.2. The van der Waals surface area contributed by atoms with Crippen molar-refractivity contribution >= 4 is 48.6 Å². The molecule has 0 saturated carbocycles. The summed E-state index contributed by atoms with van der Waals surface area (Å²) in [5.74, 6) is 0. The van der Waals surface area contributed by atoms with E-state index in [4.69, 9.17) is 0 Å². The van der Waals surface area contributed by atoms with Crippen molar-refractivity contribution in [1.82, 2.24) is 0 Å². The first kappa shape index (κ1) is 31.5. The van der Waals surface area contributed by atoms with Crippen LogP contribution in [-0.2, 0) is 5.41 Å². The van der Waals surface area contributed by atoms with Crippen LogP contribution in [0.1, 0.15) is 25.0 Å². The molecule has 1 heterocycles. The van der Waals surface area contributed by atoms with Crippen molar-refractivity contribution < 1.29 is 0 Å². The summed E-state index contributed by atoms with van der Waals surface area (Å²) >= 11 is 1.88. The van der Waals surface area contributed by atoms with E-state index in [0.717, 1.165) is 17.1 Å². The average molecular weight is 696 g/mol. The maximum atomic E-state index is 2.44. The van der Waals surface area contributed by atoms with E-state index in [9.17, 15) is 0 Å². The van der Waals surface area contributed by atoms with Crippen LogP contribution in [0.4, 0.5) is 17.1 Å². The fraction of sp³-hybridized carbons (Fsp3) is 0.0588. The van der Waals surface area contributed by atoms with Gasteiger partial charge in [0.2, 0.25) is 0 Å². The number of hydrogen-bond donors (Lipinski definition) is 0. The Kier molecular flexibility index (Phi) is 7.42. The lowest BCUT2D eigenvalue weighted by Gasteiger charge is -2.25. The summed E-state index contributed by atoms with van der Waals surface area (Å²) in [7, 11) is 0. The molecule has 1 aliphatic rings. The lowest BCUT2D eigenvalue weighted by molar-refractivity contribution is 0.661. The lowest BCUT2D eigenvalue weighted by Crippen LogP contribution is -2.15. The van der Waals surface area contributed by atoms with Crippen LogP contribution in [0.25, 0.3) is 64.7 Å². The van der Waals surface area contributed by atoms with Crippen LogP contribution in [0.3, 0.4) is 0 Å². The number of thiophene rings is 1. The summed E-state index contributed by atoms with van der Waals surface area (Å²) < 4.78 is 2.64. The monoisotopic (exact) mass is 695 g/mol. The molecule has 0 bridgehead atoms. The highest BCUT2D eigenvalue weighted by molar-refractivity contribution is 7.25. The Morgan fingerprint density at radius 1 is 0.358 bits per heavy atom. The molecule has 0 saturated heterocycles. The Hall–Kier alpha value is -6.22. The van der Waals surface area contributed by atoms with Gasteiger partial charge in [-0.15, -0.1) is 11.3 Å². The van der Waals surface area contributed by atoms with Gasteiger partial charge >= 0.3 is 0 Å². The minimum Gasteiger partial charge on any atom is -0.311 e. The molecule has 8 aromatic carbocycles. The van der Waals surface area contributed by atoms with Gasteiger partial charge in [-0.3, -0.25) is 0 Å². The van der Waals surface area contributed by atoms with Crippen LogP contribution in [0, 0.1) is 0 Å². The molecule has 0 atom stereocenters. The molecule has 0 spiro atoms.